The number of rotatable bonds is 6. The van der Waals surface area contributed by atoms with Crippen molar-refractivity contribution in [1.29, 1.82) is 0 Å². The summed E-state index contributed by atoms with van der Waals surface area (Å²) >= 11 is 3.42. The van der Waals surface area contributed by atoms with Crippen LogP contribution in [0.2, 0.25) is 0 Å². The van der Waals surface area contributed by atoms with Crippen LogP contribution in [-0.4, -0.2) is 20.4 Å². The Bertz CT molecular complexity index is 1150. The molecule has 2 aromatic heterocycles. The molecule has 0 radical (unpaired) electrons. The van der Waals surface area contributed by atoms with Crippen molar-refractivity contribution in [3.8, 4) is 11.4 Å². The van der Waals surface area contributed by atoms with Gasteiger partial charge in [-0.15, -0.1) is 0 Å². The Labute approximate surface area is 177 Å². The highest BCUT2D eigenvalue weighted by Crippen LogP contribution is 2.25. The van der Waals surface area contributed by atoms with Gasteiger partial charge in [-0.25, -0.2) is 9.97 Å². The summed E-state index contributed by atoms with van der Waals surface area (Å²) < 4.78 is 3.14. The summed E-state index contributed by atoms with van der Waals surface area (Å²) in [7, 11) is 0. The second-order valence-corrected chi connectivity index (χ2v) is 7.74. The molecule has 0 bridgehead atoms. The standard InChI is InChI=1S/C23H21BrN4O/c1-2-13-28-21(27-20-7-4-12-25-22(20)28)17-5-3-6-18(14-17)23(29)26-15-16-8-10-19(24)11-9-16/h3-12,14H,2,13,15H2,1H3,(H,26,29). The minimum absolute atomic E-state index is 0.106. The number of benzene rings is 2. The smallest absolute Gasteiger partial charge is 0.251 e. The predicted molar refractivity (Wildman–Crippen MR) is 119 cm³/mol. The van der Waals surface area contributed by atoms with Gasteiger partial charge in [0.2, 0.25) is 0 Å². The van der Waals surface area contributed by atoms with Gasteiger partial charge in [-0.1, -0.05) is 47.1 Å². The molecule has 0 aliphatic carbocycles. The normalized spacial score (nSPS) is 11.0. The van der Waals surface area contributed by atoms with Gasteiger partial charge in [0.1, 0.15) is 11.3 Å². The first-order valence-corrected chi connectivity index (χ1v) is 10.4. The summed E-state index contributed by atoms with van der Waals surface area (Å²) in [5.74, 6) is 0.731. The number of carbonyl (C=O) groups is 1. The highest BCUT2D eigenvalue weighted by Gasteiger charge is 2.14. The number of aryl methyl sites for hydroxylation is 1. The van der Waals surface area contributed by atoms with Gasteiger partial charge >= 0.3 is 0 Å². The molecule has 146 valence electrons. The largest absolute Gasteiger partial charge is 0.348 e. The summed E-state index contributed by atoms with van der Waals surface area (Å²) in [6.07, 6.45) is 2.76. The van der Waals surface area contributed by atoms with E-state index in [0.717, 1.165) is 45.6 Å². The van der Waals surface area contributed by atoms with E-state index < -0.39 is 0 Å². The Kier molecular flexibility index (Phi) is 5.71. The van der Waals surface area contributed by atoms with Crippen molar-refractivity contribution < 1.29 is 4.79 Å². The highest BCUT2D eigenvalue weighted by atomic mass is 79.9. The van der Waals surface area contributed by atoms with E-state index in [2.05, 4.69) is 37.7 Å². The third kappa shape index (κ3) is 4.22. The zero-order valence-electron chi connectivity index (χ0n) is 16.1. The Balaban J connectivity index is 1.60. The average Bonchev–Trinajstić information content (AvgIpc) is 3.12. The maximum absolute atomic E-state index is 12.7. The van der Waals surface area contributed by atoms with Crippen LogP contribution in [0.15, 0.2) is 71.3 Å². The molecule has 0 aliphatic heterocycles. The van der Waals surface area contributed by atoms with Crippen LogP contribution in [0.5, 0.6) is 0 Å². The number of amides is 1. The second-order valence-electron chi connectivity index (χ2n) is 6.82. The minimum Gasteiger partial charge on any atom is -0.348 e. The lowest BCUT2D eigenvalue weighted by Gasteiger charge is -2.09. The molecule has 29 heavy (non-hydrogen) atoms. The monoisotopic (exact) mass is 448 g/mol. The molecule has 0 saturated heterocycles. The van der Waals surface area contributed by atoms with E-state index in [4.69, 9.17) is 4.98 Å². The molecule has 4 rings (SSSR count). The van der Waals surface area contributed by atoms with Crippen molar-refractivity contribution in [3.05, 3.63) is 82.5 Å². The Hall–Kier alpha value is -2.99. The lowest BCUT2D eigenvalue weighted by atomic mass is 10.1. The maximum Gasteiger partial charge on any atom is 0.251 e. The maximum atomic E-state index is 12.7. The lowest BCUT2D eigenvalue weighted by molar-refractivity contribution is 0.0951. The van der Waals surface area contributed by atoms with E-state index in [1.165, 1.54) is 0 Å². The van der Waals surface area contributed by atoms with Crippen LogP contribution in [0, 0.1) is 0 Å². The molecular formula is C23H21BrN4O. The van der Waals surface area contributed by atoms with Crippen LogP contribution >= 0.6 is 15.9 Å². The Morgan fingerprint density at radius 2 is 1.93 bits per heavy atom. The number of hydrogen-bond acceptors (Lipinski definition) is 3. The third-order valence-electron chi connectivity index (χ3n) is 4.70. The van der Waals surface area contributed by atoms with E-state index in [1.54, 1.807) is 6.20 Å². The van der Waals surface area contributed by atoms with Crippen LogP contribution in [0.1, 0.15) is 29.3 Å². The van der Waals surface area contributed by atoms with Crippen LogP contribution in [0.4, 0.5) is 0 Å². The number of hydrogen-bond donors (Lipinski definition) is 1. The SMILES string of the molecule is CCCn1c(-c2cccc(C(=O)NCc3ccc(Br)cc3)c2)nc2cccnc21. The Morgan fingerprint density at radius 3 is 2.72 bits per heavy atom. The quantitative estimate of drug-likeness (QED) is 0.440. The van der Waals surface area contributed by atoms with Crippen molar-refractivity contribution in [2.75, 3.05) is 0 Å². The lowest BCUT2D eigenvalue weighted by Crippen LogP contribution is -2.22. The third-order valence-corrected chi connectivity index (χ3v) is 5.23. The molecule has 0 aliphatic rings. The fraction of sp³-hybridized carbons (Fsp3) is 0.174. The molecule has 0 unspecified atom stereocenters. The fourth-order valence-electron chi connectivity index (χ4n) is 3.30. The van der Waals surface area contributed by atoms with Gasteiger partial charge in [0.05, 0.1) is 0 Å². The van der Waals surface area contributed by atoms with Crippen LogP contribution < -0.4 is 5.32 Å². The topological polar surface area (TPSA) is 59.8 Å². The van der Waals surface area contributed by atoms with E-state index in [1.807, 2.05) is 60.7 Å². The Morgan fingerprint density at radius 1 is 1.10 bits per heavy atom. The van der Waals surface area contributed by atoms with Crippen molar-refractivity contribution >= 4 is 33.0 Å². The molecule has 1 amide bonds. The summed E-state index contributed by atoms with van der Waals surface area (Å²) in [6, 6.07) is 19.4. The number of halogens is 1. The molecular weight excluding hydrogens is 428 g/mol. The molecule has 2 heterocycles. The molecule has 5 nitrogen and oxygen atoms in total. The van der Waals surface area contributed by atoms with Gasteiger partial charge in [-0.2, -0.15) is 0 Å². The van der Waals surface area contributed by atoms with Gasteiger partial charge in [0, 0.05) is 34.9 Å². The second kappa shape index (κ2) is 8.57. The number of fused-ring (bicyclic) bond motifs is 1. The molecule has 0 atom stereocenters. The van der Waals surface area contributed by atoms with Crippen molar-refractivity contribution in [2.24, 2.45) is 0 Å². The van der Waals surface area contributed by atoms with E-state index in [9.17, 15) is 4.79 Å². The molecule has 0 fully saturated rings. The van der Waals surface area contributed by atoms with Gasteiger partial charge in [-0.3, -0.25) is 4.79 Å². The fourth-order valence-corrected chi connectivity index (χ4v) is 3.56. The first-order chi connectivity index (χ1) is 14.2. The predicted octanol–water partition coefficient (Wildman–Crippen LogP) is 5.20. The zero-order chi connectivity index (χ0) is 20.2. The van der Waals surface area contributed by atoms with Crippen molar-refractivity contribution in [3.63, 3.8) is 0 Å². The number of pyridine rings is 1. The molecule has 0 saturated carbocycles. The summed E-state index contributed by atoms with van der Waals surface area (Å²) in [5, 5.41) is 2.99. The molecule has 1 N–H and O–H groups in total. The highest BCUT2D eigenvalue weighted by molar-refractivity contribution is 9.10. The van der Waals surface area contributed by atoms with E-state index in [0.29, 0.717) is 12.1 Å². The van der Waals surface area contributed by atoms with Gasteiger partial charge in [-0.05, 0) is 48.4 Å². The first-order valence-electron chi connectivity index (χ1n) is 9.60. The number of nitrogens with zero attached hydrogens (tertiary/aromatic N) is 3. The van der Waals surface area contributed by atoms with Crippen LogP contribution in [0.25, 0.3) is 22.6 Å². The van der Waals surface area contributed by atoms with E-state index >= 15 is 0 Å². The number of imidazole rings is 1. The van der Waals surface area contributed by atoms with Gasteiger partial charge < -0.3 is 9.88 Å². The molecule has 2 aromatic carbocycles. The van der Waals surface area contributed by atoms with E-state index in [-0.39, 0.29) is 5.91 Å². The summed E-state index contributed by atoms with van der Waals surface area (Å²) in [4.78, 5) is 21.9. The zero-order valence-corrected chi connectivity index (χ0v) is 17.7. The van der Waals surface area contributed by atoms with Crippen molar-refractivity contribution in [1.82, 2.24) is 19.9 Å². The number of nitrogens with one attached hydrogen (secondary N) is 1. The van der Waals surface area contributed by atoms with Gasteiger partial charge in [0.25, 0.3) is 5.91 Å². The summed E-state index contributed by atoms with van der Waals surface area (Å²) in [6.45, 7) is 3.43. The van der Waals surface area contributed by atoms with Crippen LogP contribution in [-0.2, 0) is 13.1 Å². The molecule has 0 spiro atoms. The van der Waals surface area contributed by atoms with Crippen LogP contribution in [0.3, 0.4) is 0 Å². The molecule has 4 aromatic rings. The van der Waals surface area contributed by atoms with Crippen molar-refractivity contribution in [2.45, 2.75) is 26.4 Å². The minimum atomic E-state index is -0.106. The first kappa shape index (κ1) is 19.3. The van der Waals surface area contributed by atoms with Gasteiger partial charge in [0.15, 0.2) is 5.65 Å². The number of carbonyl (C=O) groups excluding carboxylic acids is 1. The number of aromatic nitrogens is 3. The average molecular weight is 449 g/mol. The summed E-state index contributed by atoms with van der Waals surface area (Å²) in [5.41, 5.74) is 4.31. The molecule has 6 heteroatoms.